The van der Waals surface area contributed by atoms with E-state index in [1.54, 1.807) is 11.8 Å². The number of hydrogen-bond acceptors (Lipinski definition) is 7. The number of esters is 3. The number of hydrogen-bond donors (Lipinski definition) is 0. The predicted molar refractivity (Wildman–Crippen MR) is 182 cm³/mol. The van der Waals surface area contributed by atoms with E-state index in [0.29, 0.717) is 41.4 Å². The van der Waals surface area contributed by atoms with Gasteiger partial charge in [-0.15, -0.1) is 0 Å². The number of rotatable bonds is 10. The minimum atomic E-state index is -0.563. The largest absolute Gasteiger partial charge is 0.462 e. The SMILES string of the molecule is CSCC[C@H](CC(=O)OC(C)(C)C)C(=O)O[C@@H]1CC[C@@]2(C)C(CCC3C2CC[C@@]2(C)C3CCC2[C@H](C)CC(=O)OC(C)(C)C)C1. The van der Waals surface area contributed by atoms with Gasteiger partial charge in [0.15, 0.2) is 0 Å². The van der Waals surface area contributed by atoms with Crippen molar-refractivity contribution in [2.45, 2.75) is 157 Å². The highest BCUT2D eigenvalue weighted by atomic mass is 32.2. The monoisotopic (exact) mass is 648 g/mol. The molecule has 4 aliphatic carbocycles. The number of carbonyl (C=O) groups is 3. The lowest BCUT2D eigenvalue weighted by Gasteiger charge is -2.61. The lowest BCUT2D eigenvalue weighted by atomic mass is 9.44. The average Bonchev–Trinajstić information content (AvgIpc) is 3.26. The second-order valence-electron chi connectivity index (χ2n) is 17.8. The third kappa shape index (κ3) is 8.62. The molecule has 7 heteroatoms. The van der Waals surface area contributed by atoms with Crippen molar-refractivity contribution in [3.8, 4) is 0 Å². The van der Waals surface area contributed by atoms with Crippen molar-refractivity contribution in [3.05, 3.63) is 0 Å². The standard InChI is InChI=1S/C38H64O6S/c1-24(21-32(39)43-35(2,3)4)29-13-14-30-28-12-11-26-23-27(15-18-37(26,8)31(28)16-19-38(29,30)9)42-34(41)25(17-20-45-10)22-33(40)44-36(5,6)7/h24-31H,11-23H2,1-10H3/t24-,25-,26?,27-,28?,29?,30?,31?,37+,38-/m1/s1. The molecule has 0 heterocycles. The molecule has 0 saturated heterocycles. The van der Waals surface area contributed by atoms with Crippen LogP contribution in [0.5, 0.6) is 0 Å². The lowest BCUT2D eigenvalue weighted by Crippen LogP contribution is -2.54. The Morgan fingerprint density at radius 2 is 1.40 bits per heavy atom. The van der Waals surface area contributed by atoms with E-state index in [1.165, 1.54) is 38.5 Å². The molecule has 0 aromatic carbocycles. The maximum Gasteiger partial charge on any atom is 0.309 e. The number of fused-ring (bicyclic) bond motifs is 5. The van der Waals surface area contributed by atoms with Crippen LogP contribution in [0.2, 0.25) is 0 Å². The molecule has 0 aliphatic heterocycles. The van der Waals surface area contributed by atoms with Crippen molar-refractivity contribution >= 4 is 29.7 Å². The molecule has 0 N–H and O–H groups in total. The fourth-order valence-electron chi connectivity index (χ4n) is 10.5. The van der Waals surface area contributed by atoms with Gasteiger partial charge in [0.05, 0.1) is 12.3 Å². The van der Waals surface area contributed by atoms with Crippen molar-refractivity contribution < 1.29 is 28.6 Å². The Morgan fingerprint density at radius 1 is 0.800 bits per heavy atom. The molecule has 6 nitrogen and oxygen atoms in total. The highest BCUT2D eigenvalue weighted by Crippen LogP contribution is 2.68. The number of thioether (sulfide) groups is 1. The van der Waals surface area contributed by atoms with Gasteiger partial charge in [0, 0.05) is 6.42 Å². The summed E-state index contributed by atoms with van der Waals surface area (Å²) >= 11 is 1.69. The first-order valence-electron chi connectivity index (χ1n) is 18.0. The van der Waals surface area contributed by atoms with Gasteiger partial charge in [0.25, 0.3) is 0 Å². The number of carbonyl (C=O) groups excluding carboxylic acids is 3. The first kappa shape index (κ1) is 36.6. The highest BCUT2D eigenvalue weighted by molar-refractivity contribution is 7.98. The lowest BCUT2D eigenvalue weighted by molar-refractivity contribution is -0.171. The molecule has 10 atom stereocenters. The van der Waals surface area contributed by atoms with E-state index in [-0.39, 0.29) is 30.4 Å². The summed E-state index contributed by atoms with van der Waals surface area (Å²) < 4.78 is 17.4. The van der Waals surface area contributed by atoms with E-state index in [9.17, 15) is 14.4 Å². The summed E-state index contributed by atoms with van der Waals surface area (Å²) in [5, 5.41) is 0. The smallest absolute Gasteiger partial charge is 0.309 e. The van der Waals surface area contributed by atoms with Crippen molar-refractivity contribution in [1.82, 2.24) is 0 Å². The second-order valence-corrected chi connectivity index (χ2v) is 18.7. The predicted octanol–water partition coefficient (Wildman–Crippen LogP) is 9.03. The van der Waals surface area contributed by atoms with E-state index >= 15 is 0 Å². The van der Waals surface area contributed by atoms with Crippen molar-refractivity contribution in [3.63, 3.8) is 0 Å². The Hall–Kier alpha value is -1.24. The summed E-state index contributed by atoms with van der Waals surface area (Å²) in [5.41, 5.74) is -0.398. The average molecular weight is 649 g/mol. The van der Waals surface area contributed by atoms with Crippen LogP contribution in [0, 0.1) is 52.3 Å². The number of ether oxygens (including phenoxy) is 3. The van der Waals surface area contributed by atoms with E-state index < -0.39 is 17.1 Å². The first-order chi connectivity index (χ1) is 20.9. The minimum Gasteiger partial charge on any atom is -0.462 e. The van der Waals surface area contributed by atoms with Crippen LogP contribution in [0.4, 0.5) is 0 Å². The first-order valence-corrected chi connectivity index (χ1v) is 19.4. The summed E-state index contributed by atoms with van der Waals surface area (Å²) in [6.07, 6.45) is 13.7. The van der Waals surface area contributed by atoms with Crippen molar-refractivity contribution in [1.29, 1.82) is 0 Å². The van der Waals surface area contributed by atoms with Gasteiger partial charge < -0.3 is 14.2 Å². The Labute approximate surface area is 278 Å². The summed E-state index contributed by atoms with van der Waals surface area (Å²) in [6, 6.07) is 0. The zero-order valence-corrected chi connectivity index (χ0v) is 31.0. The zero-order chi connectivity index (χ0) is 33.4. The highest BCUT2D eigenvalue weighted by Gasteiger charge is 2.61. The Balaban J connectivity index is 1.36. The van der Waals surface area contributed by atoms with Crippen LogP contribution < -0.4 is 0 Å². The molecule has 4 fully saturated rings. The fraction of sp³-hybridized carbons (Fsp3) is 0.921. The van der Waals surface area contributed by atoms with Gasteiger partial charge in [-0.2, -0.15) is 11.8 Å². The topological polar surface area (TPSA) is 78.9 Å². The molecule has 258 valence electrons. The van der Waals surface area contributed by atoms with Gasteiger partial charge in [0.1, 0.15) is 17.3 Å². The molecule has 4 rings (SSSR count). The molecular weight excluding hydrogens is 584 g/mol. The van der Waals surface area contributed by atoms with Crippen LogP contribution in [-0.4, -0.2) is 47.2 Å². The van der Waals surface area contributed by atoms with Gasteiger partial charge in [-0.1, -0.05) is 20.8 Å². The molecule has 4 saturated carbocycles. The molecule has 4 aliphatic rings. The zero-order valence-electron chi connectivity index (χ0n) is 30.2. The maximum absolute atomic E-state index is 13.4. The van der Waals surface area contributed by atoms with Crippen LogP contribution in [-0.2, 0) is 28.6 Å². The second kappa shape index (κ2) is 14.1. The minimum absolute atomic E-state index is 0.0540. The molecule has 0 radical (unpaired) electrons. The third-order valence-corrected chi connectivity index (χ3v) is 13.1. The molecule has 0 amide bonds. The van der Waals surface area contributed by atoms with Crippen LogP contribution in [0.25, 0.3) is 0 Å². The normalized spacial score (nSPS) is 36.1. The van der Waals surface area contributed by atoms with Crippen LogP contribution in [0.1, 0.15) is 139 Å². The molecular formula is C38H64O6S. The fourth-order valence-corrected chi connectivity index (χ4v) is 11.0. The molecule has 5 unspecified atom stereocenters. The Bertz CT molecular complexity index is 1060. The van der Waals surface area contributed by atoms with Gasteiger partial charge in [-0.05, 0) is 164 Å². The van der Waals surface area contributed by atoms with Crippen LogP contribution in [0.3, 0.4) is 0 Å². The summed E-state index contributed by atoms with van der Waals surface area (Å²) in [6.45, 7) is 18.8. The molecule has 0 spiro atoms. The van der Waals surface area contributed by atoms with Gasteiger partial charge in [-0.25, -0.2) is 0 Å². The van der Waals surface area contributed by atoms with Crippen LogP contribution in [0.15, 0.2) is 0 Å². The van der Waals surface area contributed by atoms with E-state index in [0.717, 1.165) is 42.8 Å². The van der Waals surface area contributed by atoms with Gasteiger partial charge >= 0.3 is 17.9 Å². The molecule has 45 heavy (non-hydrogen) atoms. The van der Waals surface area contributed by atoms with Crippen molar-refractivity contribution in [2.24, 2.45) is 52.3 Å². The summed E-state index contributed by atoms with van der Waals surface area (Å²) in [5.74, 6) is 3.50. The Morgan fingerprint density at radius 3 is 2.02 bits per heavy atom. The Kier molecular flexibility index (Phi) is 11.5. The van der Waals surface area contributed by atoms with Crippen LogP contribution >= 0.6 is 11.8 Å². The maximum atomic E-state index is 13.4. The molecule has 0 bridgehead atoms. The molecule has 0 aromatic rings. The van der Waals surface area contributed by atoms with Gasteiger partial charge in [-0.3, -0.25) is 14.4 Å². The molecule has 0 aromatic heterocycles. The van der Waals surface area contributed by atoms with E-state index in [2.05, 4.69) is 20.8 Å². The van der Waals surface area contributed by atoms with Gasteiger partial charge in [0.2, 0.25) is 0 Å². The van der Waals surface area contributed by atoms with E-state index in [4.69, 9.17) is 14.2 Å². The quantitative estimate of drug-likeness (QED) is 0.173. The van der Waals surface area contributed by atoms with Crippen molar-refractivity contribution in [2.75, 3.05) is 12.0 Å². The summed E-state index contributed by atoms with van der Waals surface area (Å²) in [7, 11) is 0. The third-order valence-electron chi connectivity index (χ3n) is 12.4. The summed E-state index contributed by atoms with van der Waals surface area (Å²) in [4.78, 5) is 38.7. The van der Waals surface area contributed by atoms with E-state index in [1.807, 2.05) is 47.8 Å².